The van der Waals surface area contributed by atoms with Crippen molar-refractivity contribution >= 4 is 17.7 Å². The SMILES string of the molecule is COC(=O)c1ccc(OCCSc2nnc(-c3ccc4c(c3)OCO4)o2)cc1. The Labute approximate surface area is 164 Å². The summed E-state index contributed by atoms with van der Waals surface area (Å²) in [5.74, 6) is 2.70. The lowest BCUT2D eigenvalue weighted by Crippen LogP contribution is -2.02. The van der Waals surface area contributed by atoms with Crippen molar-refractivity contribution in [2.24, 2.45) is 0 Å². The molecule has 144 valence electrons. The lowest BCUT2D eigenvalue weighted by atomic mass is 10.2. The van der Waals surface area contributed by atoms with Crippen LogP contribution in [0.15, 0.2) is 52.1 Å². The van der Waals surface area contributed by atoms with E-state index in [1.807, 2.05) is 18.2 Å². The number of ether oxygens (including phenoxy) is 4. The molecule has 0 unspecified atom stereocenters. The second-order valence-electron chi connectivity index (χ2n) is 5.65. The van der Waals surface area contributed by atoms with Gasteiger partial charge in [0.25, 0.3) is 5.22 Å². The number of carbonyl (C=O) groups is 1. The van der Waals surface area contributed by atoms with Gasteiger partial charge in [-0.3, -0.25) is 0 Å². The first-order valence-electron chi connectivity index (χ1n) is 8.40. The van der Waals surface area contributed by atoms with Gasteiger partial charge in [-0.15, -0.1) is 10.2 Å². The monoisotopic (exact) mass is 400 g/mol. The second-order valence-corrected chi connectivity index (χ2v) is 6.70. The molecular weight excluding hydrogens is 384 g/mol. The first-order valence-corrected chi connectivity index (χ1v) is 9.39. The van der Waals surface area contributed by atoms with E-state index in [4.69, 9.17) is 18.6 Å². The van der Waals surface area contributed by atoms with E-state index in [0.717, 1.165) is 5.56 Å². The Balaban J connectivity index is 1.27. The average molecular weight is 400 g/mol. The minimum Gasteiger partial charge on any atom is -0.493 e. The molecule has 1 aliphatic heterocycles. The topological polar surface area (TPSA) is 92.9 Å². The molecule has 28 heavy (non-hydrogen) atoms. The van der Waals surface area contributed by atoms with Crippen LogP contribution in [0, 0.1) is 0 Å². The summed E-state index contributed by atoms with van der Waals surface area (Å²) in [6.07, 6.45) is 0. The largest absolute Gasteiger partial charge is 0.493 e. The number of thioether (sulfide) groups is 1. The van der Waals surface area contributed by atoms with Crippen molar-refractivity contribution in [2.45, 2.75) is 5.22 Å². The molecule has 2 heterocycles. The molecule has 9 heteroatoms. The molecule has 0 atom stereocenters. The van der Waals surface area contributed by atoms with Crippen LogP contribution in [0.2, 0.25) is 0 Å². The molecule has 8 nitrogen and oxygen atoms in total. The number of methoxy groups -OCH3 is 1. The fraction of sp³-hybridized carbons (Fsp3) is 0.211. The Hall–Kier alpha value is -3.20. The highest BCUT2D eigenvalue weighted by Gasteiger charge is 2.16. The Morgan fingerprint density at radius 3 is 2.75 bits per heavy atom. The van der Waals surface area contributed by atoms with Gasteiger partial charge in [0.05, 0.1) is 19.3 Å². The zero-order chi connectivity index (χ0) is 19.3. The van der Waals surface area contributed by atoms with Crippen LogP contribution in [0.5, 0.6) is 17.2 Å². The first-order chi connectivity index (χ1) is 13.7. The molecule has 0 radical (unpaired) electrons. The predicted molar refractivity (Wildman–Crippen MR) is 99.9 cm³/mol. The van der Waals surface area contributed by atoms with Gasteiger partial charge in [-0.05, 0) is 42.5 Å². The third-order valence-electron chi connectivity index (χ3n) is 3.88. The van der Waals surface area contributed by atoms with Crippen LogP contribution in [0.3, 0.4) is 0 Å². The van der Waals surface area contributed by atoms with Gasteiger partial charge in [-0.2, -0.15) is 0 Å². The number of nitrogens with zero attached hydrogens (tertiary/aromatic N) is 2. The summed E-state index contributed by atoms with van der Waals surface area (Å²) in [7, 11) is 1.35. The molecule has 2 aromatic carbocycles. The Bertz CT molecular complexity index is 973. The highest BCUT2D eigenvalue weighted by molar-refractivity contribution is 7.99. The molecule has 3 aromatic rings. The maximum absolute atomic E-state index is 11.4. The van der Waals surface area contributed by atoms with Crippen LogP contribution in [0.4, 0.5) is 0 Å². The lowest BCUT2D eigenvalue weighted by molar-refractivity contribution is 0.0600. The van der Waals surface area contributed by atoms with Crippen LogP contribution in [-0.2, 0) is 4.74 Å². The van der Waals surface area contributed by atoms with E-state index in [-0.39, 0.29) is 12.8 Å². The first kappa shape index (κ1) is 18.2. The fourth-order valence-electron chi connectivity index (χ4n) is 2.51. The highest BCUT2D eigenvalue weighted by Crippen LogP contribution is 2.36. The maximum atomic E-state index is 11.4. The van der Waals surface area contributed by atoms with Gasteiger partial charge in [0.2, 0.25) is 12.7 Å². The number of carbonyl (C=O) groups excluding carboxylic acids is 1. The van der Waals surface area contributed by atoms with Gasteiger partial charge in [-0.25, -0.2) is 4.79 Å². The lowest BCUT2D eigenvalue weighted by Gasteiger charge is -2.05. The molecule has 1 aliphatic rings. The number of rotatable bonds is 7. The molecular formula is C19H16N2O6S. The Morgan fingerprint density at radius 1 is 1.11 bits per heavy atom. The number of hydrogen-bond donors (Lipinski definition) is 0. The van der Waals surface area contributed by atoms with Crippen molar-refractivity contribution < 1.29 is 28.2 Å². The number of hydrogen-bond acceptors (Lipinski definition) is 9. The Morgan fingerprint density at radius 2 is 1.93 bits per heavy atom. The summed E-state index contributed by atoms with van der Waals surface area (Å²) < 4.78 is 26.6. The number of benzene rings is 2. The fourth-order valence-corrected chi connectivity index (χ4v) is 3.09. The smallest absolute Gasteiger partial charge is 0.337 e. The zero-order valence-electron chi connectivity index (χ0n) is 14.9. The van der Waals surface area contributed by atoms with Crippen LogP contribution in [-0.4, -0.2) is 42.4 Å². The van der Waals surface area contributed by atoms with Gasteiger partial charge < -0.3 is 23.4 Å². The van der Waals surface area contributed by atoms with Crippen LogP contribution < -0.4 is 14.2 Å². The number of esters is 1. The van der Waals surface area contributed by atoms with E-state index in [2.05, 4.69) is 14.9 Å². The molecule has 0 amide bonds. The van der Waals surface area contributed by atoms with E-state index in [0.29, 0.717) is 46.3 Å². The highest BCUT2D eigenvalue weighted by atomic mass is 32.2. The molecule has 0 fully saturated rings. The van der Waals surface area contributed by atoms with Crippen molar-refractivity contribution in [3.8, 4) is 28.7 Å². The van der Waals surface area contributed by atoms with E-state index in [1.165, 1.54) is 18.9 Å². The van der Waals surface area contributed by atoms with Crippen molar-refractivity contribution in [1.29, 1.82) is 0 Å². The zero-order valence-corrected chi connectivity index (χ0v) is 15.7. The predicted octanol–water partition coefficient (Wildman–Crippen LogP) is 3.42. The van der Waals surface area contributed by atoms with Crippen LogP contribution >= 0.6 is 11.8 Å². The Kier molecular flexibility index (Phi) is 5.34. The molecule has 0 N–H and O–H groups in total. The minimum atomic E-state index is -0.378. The molecule has 4 rings (SSSR count). The molecule has 0 saturated carbocycles. The van der Waals surface area contributed by atoms with E-state index in [9.17, 15) is 4.79 Å². The molecule has 0 bridgehead atoms. The molecule has 1 aromatic heterocycles. The van der Waals surface area contributed by atoms with Crippen molar-refractivity contribution in [3.05, 3.63) is 48.0 Å². The van der Waals surface area contributed by atoms with Crippen LogP contribution in [0.25, 0.3) is 11.5 Å². The second kappa shape index (κ2) is 8.22. The van der Waals surface area contributed by atoms with Crippen molar-refractivity contribution in [3.63, 3.8) is 0 Å². The summed E-state index contributed by atoms with van der Waals surface area (Å²) in [4.78, 5) is 11.4. The van der Waals surface area contributed by atoms with E-state index in [1.54, 1.807) is 24.3 Å². The molecule has 0 saturated heterocycles. The van der Waals surface area contributed by atoms with Crippen molar-refractivity contribution in [1.82, 2.24) is 10.2 Å². The van der Waals surface area contributed by atoms with Gasteiger partial charge >= 0.3 is 5.97 Å². The number of aromatic nitrogens is 2. The summed E-state index contributed by atoms with van der Waals surface area (Å²) in [6, 6.07) is 12.2. The maximum Gasteiger partial charge on any atom is 0.337 e. The average Bonchev–Trinajstić information content (AvgIpc) is 3.40. The van der Waals surface area contributed by atoms with Crippen LogP contribution in [0.1, 0.15) is 10.4 Å². The third-order valence-corrected chi connectivity index (χ3v) is 4.66. The summed E-state index contributed by atoms with van der Waals surface area (Å²) in [5.41, 5.74) is 1.25. The normalized spacial score (nSPS) is 12.0. The van der Waals surface area contributed by atoms with E-state index < -0.39 is 0 Å². The summed E-state index contributed by atoms with van der Waals surface area (Å²) >= 11 is 1.40. The van der Waals surface area contributed by atoms with Gasteiger partial charge in [0.1, 0.15) is 5.75 Å². The minimum absolute atomic E-state index is 0.217. The quantitative estimate of drug-likeness (QED) is 0.336. The van der Waals surface area contributed by atoms with Crippen molar-refractivity contribution in [2.75, 3.05) is 26.3 Å². The third kappa shape index (κ3) is 4.04. The van der Waals surface area contributed by atoms with Gasteiger partial charge in [-0.1, -0.05) is 11.8 Å². The van der Waals surface area contributed by atoms with E-state index >= 15 is 0 Å². The van der Waals surface area contributed by atoms with Gasteiger partial charge in [0.15, 0.2) is 11.5 Å². The summed E-state index contributed by atoms with van der Waals surface area (Å²) in [5, 5.41) is 8.56. The van der Waals surface area contributed by atoms with Gasteiger partial charge in [0, 0.05) is 11.3 Å². The molecule has 0 spiro atoms. The standard InChI is InChI=1S/C19H16N2O6S/c1-23-18(22)12-2-5-14(6-3-12)24-8-9-28-19-21-20-17(27-19)13-4-7-15-16(10-13)26-11-25-15/h2-7,10H,8-9,11H2,1H3. The number of fused-ring (bicyclic) bond motifs is 1. The molecule has 0 aliphatic carbocycles. The summed E-state index contributed by atoms with van der Waals surface area (Å²) in [6.45, 7) is 0.666.